The zero-order valence-corrected chi connectivity index (χ0v) is 9.09. The molecule has 0 spiro atoms. The Morgan fingerprint density at radius 1 is 1.31 bits per heavy atom. The average molecular weight is 218 g/mol. The fourth-order valence-electron chi connectivity index (χ4n) is 2.16. The van der Waals surface area contributed by atoms with Gasteiger partial charge in [-0.25, -0.2) is 0 Å². The molecular formula is C13H14O3. The van der Waals surface area contributed by atoms with Gasteiger partial charge < -0.3 is 9.84 Å². The van der Waals surface area contributed by atoms with Crippen molar-refractivity contribution in [1.29, 1.82) is 0 Å². The van der Waals surface area contributed by atoms with Crippen LogP contribution in [0.15, 0.2) is 42.2 Å². The second-order valence-electron chi connectivity index (χ2n) is 3.83. The minimum absolute atomic E-state index is 0.00194. The van der Waals surface area contributed by atoms with Crippen LogP contribution < -0.4 is 0 Å². The monoisotopic (exact) mass is 218 g/mol. The van der Waals surface area contributed by atoms with Gasteiger partial charge in [-0.15, -0.1) is 0 Å². The van der Waals surface area contributed by atoms with E-state index in [1.54, 1.807) is 0 Å². The van der Waals surface area contributed by atoms with Crippen molar-refractivity contribution in [2.75, 3.05) is 13.7 Å². The van der Waals surface area contributed by atoms with Crippen LogP contribution in [0, 0.1) is 5.92 Å². The fourth-order valence-corrected chi connectivity index (χ4v) is 2.16. The lowest BCUT2D eigenvalue weighted by atomic mass is 9.87. The first-order chi connectivity index (χ1) is 7.77. The quantitative estimate of drug-likeness (QED) is 0.836. The van der Waals surface area contributed by atoms with Gasteiger partial charge >= 0.3 is 0 Å². The lowest BCUT2D eigenvalue weighted by Crippen LogP contribution is -2.19. The molecule has 1 aliphatic carbocycles. The smallest absolute Gasteiger partial charge is 0.167 e. The molecule has 3 nitrogen and oxygen atoms in total. The first kappa shape index (κ1) is 10.9. The minimum Gasteiger partial charge on any atom is -0.501 e. The number of hydrogen-bond acceptors (Lipinski definition) is 3. The summed E-state index contributed by atoms with van der Waals surface area (Å²) in [7, 11) is 1.52. The van der Waals surface area contributed by atoms with E-state index in [1.807, 2.05) is 30.3 Å². The second kappa shape index (κ2) is 4.49. The molecule has 3 heteroatoms. The lowest BCUT2D eigenvalue weighted by molar-refractivity contribution is -0.116. The third-order valence-corrected chi connectivity index (χ3v) is 2.95. The van der Waals surface area contributed by atoms with Crippen molar-refractivity contribution in [2.24, 2.45) is 5.92 Å². The van der Waals surface area contributed by atoms with E-state index in [0.717, 1.165) is 5.56 Å². The topological polar surface area (TPSA) is 46.5 Å². The predicted molar refractivity (Wildman–Crippen MR) is 59.9 cm³/mol. The molecule has 2 unspecified atom stereocenters. The van der Waals surface area contributed by atoms with E-state index in [-0.39, 0.29) is 24.2 Å². The summed E-state index contributed by atoms with van der Waals surface area (Å²) in [6.45, 7) is -0.0784. The molecule has 1 aliphatic rings. The summed E-state index contributed by atoms with van der Waals surface area (Å²) >= 11 is 0. The predicted octanol–water partition coefficient (Wildman–Crippen LogP) is 1.49. The van der Waals surface area contributed by atoms with Crippen LogP contribution in [0.1, 0.15) is 11.5 Å². The molecule has 0 radical (unpaired) electrons. The largest absolute Gasteiger partial charge is 0.501 e. The van der Waals surface area contributed by atoms with E-state index in [0.29, 0.717) is 5.76 Å². The molecule has 0 saturated heterocycles. The molecule has 0 amide bonds. The Balaban J connectivity index is 2.33. The molecule has 0 heterocycles. The van der Waals surface area contributed by atoms with Crippen LogP contribution in [-0.2, 0) is 9.53 Å². The highest BCUT2D eigenvalue weighted by molar-refractivity contribution is 5.99. The summed E-state index contributed by atoms with van der Waals surface area (Å²) in [6.07, 6.45) is 1.48. The number of ketones is 1. The molecule has 84 valence electrons. The van der Waals surface area contributed by atoms with Gasteiger partial charge in [-0.1, -0.05) is 30.3 Å². The Morgan fingerprint density at radius 2 is 2.00 bits per heavy atom. The molecule has 1 aromatic rings. The van der Waals surface area contributed by atoms with Crippen molar-refractivity contribution < 1.29 is 14.6 Å². The molecule has 1 aromatic carbocycles. The maximum absolute atomic E-state index is 11.8. The Bertz CT molecular complexity index is 408. The van der Waals surface area contributed by atoms with Gasteiger partial charge in [-0.05, 0) is 5.56 Å². The van der Waals surface area contributed by atoms with Crippen molar-refractivity contribution in [3.8, 4) is 0 Å². The molecule has 0 aliphatic heterocycles. The van der Waals surface area contributed by atoms with Crippen molar-refractivity contribution in [1.82, 2.24) is 0 Å². The molecule has 16 heavy (non-hydrogen) atoms. The van der Waals surface area contributed by atoms with Crippen molar-refractivity contribution >= 4 is 5.78 Å². The molecule has 0 fully saturated rings. The molecule has 2 rings (SSSR count). The summed E-state index contributed by atoms with van der Waals surface area (Å²) in [4.78, 5) is 11.8. The van der Waals surface area contributed by atoms with Gasteiger partial charge in [0.05, 0.1) is 25.6 Å². The lowest BCUT2D eigenvalue weighted by Gasteiger charge is -2.18. The normalized spacial score (nSPS) is 24.4. The van der Waals surface area contributed by atoms with Crippen LogP contribution in [-0.4, -0.2) is 24.6 Å². The van der Waals surface area contributed by atoms with Gasteiger partial charge in [0.25, 0.3) is 0 Å². The number of allylic oxidation sites excluding steroid dienone is 1. The fraction of sp³-hybridized carbons (Fsp3) is 0.308. The highest BCUT2D eigenvalue weighted by atomic mass is 16.5. The Kier molecular flexibility index (Phi) is 3.06. The number of hydrogen-bond donors (Lipinski definition) is 1. The third kappa shape index (κ3) is 1.74. The number of ether oxygens (including phenoxy) is 1. The van der Waals surface area contributed by atoms with Crippen molar-refractivity contribution in [3.63, 3.8) is 0 Å². The number of methoxy groups -OCH3 is 1. The number of carbonyl (C=O) groups excluding carboxylic acids is 1. The minimum atomic E-state index is -0.304. The number of rotatable bonds is 3. The third-order valence-electron chi connectivity index (χ3n) is 2.95. The van der Waals surface area contributed by atoms with Crippen LogP contribution in [0.4, 0.5) is 0 Å². The molecule has 0 bridgehead atoms. The van der Waals surface area contributed by atoms with Crippen LogP contribution in [0.5, 0.6) is 0 Å². The van der Waals surface area contributed by atoms with E-state index in [9.17, 15) is 9.90 Å². The molecular weight excluding hydrogens is 204 g/mol. The maximum atomic E-state index is 11.8. The van der Waals surface area contributed by atoms with Crippen LogP contribution in [0.2, 0.25) is 0 Å². The second-order valence-corrected chi connectivity index (χ2v) is 3.83. The first-order valence-electron chi connectivity index (χ1n) is 5.23. The summed E-state index contributed by atoms with van der Waals surface area (Å²) in [5.74, 6) is 0.0181. The van der Waals surface area contributed by atoms with Gasteiger partial charge in [0.2, 0.25) is 0 Å². The van der Waals surface area contributed by atoms with E-state index in [4.69, 9.17) is 4.74 Å². The number of aliphatic hydroxyl groups excluding tert-OH is 1. The van der Waals surface area contributed by atoms with Crippen LogP contribution >= 0.6 is 0 Å². The van der Waals surface area contributed by atoms with Gasteiger partial charge in [-0.3, -0.25) is 4.79 Å². The van der Waals surface area contributed by atoms with Gasteiger partial charge in [-0.2, -0.15) is 0 Å². The number of aliphatic hydroxyl groups is 1. The zero-order valence-electron chi connectivity index (χ0n) is 9.09. The Hall–Kier alpha value is -1.61. The molecule has 0 aromatic heterocycles. The van der Waals surface area contributed by atoms with E-state index in [1.165, 1.54) is 13.2 Å². The molecule has 1 N–H and O–H groups in total. The van der Waals surface area contributed by atoms with E-state index in [2.05, 4.69) is 0 Å². The van der Waals surface area contributed by atoms with Crippen molar-refractivity contribution in [3.05, 3.63) is 47.7 Å². The summed E-state index contributed by atoms with van der Waals surface area (Å²) < 4.78 is 5.12. The van der Waals surface area contributed by atoms with Gasteiger partial charge in [0.15, 0.2) is 5.78 Å². The van der Waals surface area contributed by atoms with E-state index >= 15 is 0 Å². The summed E-state index contributed by atoms with van der Waals surface area (Å²) in [5, 5.41) is 9.34. The average Bonchev–Trinajstić information content (AvgIpc) is 2.66. The molecule has 2 atom stereocenters. The maximum Gasteiger partial charge on any atom is 0.167 e. The number of benzene rings is 1. The zero-order chi connectivity index (χ0) is 11.5. The summed E-state index contributed by atoms with van der Waals surface area (Å²) in [5.41, 5.74) is 0.926. The van der Waals surface area contributed by atoms with Crippen LogP contribution in [0.25, 0.3) is 0 Å². The molecule has 0 saturated carbocycles. The van der Waals surface area contributed by atoms with Gasteiger partial charge in [0.1, 0.15) is 5.76 Å². The SMILES string of the molecule is COC1=CC(=O)C(c2ccccc2)C1CO. The summed E-state index contributed by atoms with van der Waals surface area (Å²) in [6, 6.07) is 9.49. The Labute approximate surface area is 94.4 Å². The highest BCUT2D eigenvalue weighted by Crippen LogP contribution is 2.36. The Morgan fingerprint density at radius 3 is 2.56 bits per heavy atom. The highest BCUT2D eigenvalue weighted by Gasteiger charge is 2.37. The first-order valence-corrected chi connectivity index (χ1v) is 5.23. The van der Waals surface area contributed by atoms with Crippen LogP contribution in [0.3, 0.4) is 0 Å². The van der Waals surface area contributed by atoms with Gasteiger partial charge in [0, 0.05) is 6.08 Å². The standard InChI is InChI=1S/C13H14O3/c1-16-12-7-11(15)13(10(12)8-14)9-5-3-2-4-6-9/h2-7,10,13-14H,8H2,1H3. The van der Waals surface area contributed by atoms with Crippen molar-refractivity contribution in [2.45, 2.75) is 5.92 Å². The van der Waals surface area contributed by atoms with E-state index < -0.39 is 0 Å². The number of carbonyl (C=O) groups is 1.